The van der Waals surface area contributed by atoms with Crippen molar-refractivity contribution < 1.29 is 23.6 Å². The molecular weight excluding hydrogens is 440 g/mol. The number of para-hydroxylation sites is 1. The number of hydrogen-bond donors (Lipinski definition) is 1. The first-order chi connectivity index (χ1) is 16.5. The van der Waals surface area contributed by atoms with E-state index in [1.807, 2.05) is 0 Å². The van der Waals surface area contributed by atoms with E-state index in [0.29, 0.717) is 17.1 Å². The predicted octanol–water partition coefficient (Wildman–Crippen LogP) is 3.00. The van der Waals surface area contributed by atoms with Crippen LogP contribution in [0.25, 0.3) is 22.8 Å². The number of benzene rings is 2. The standard InChI is InChI=1S/C24H20N4O6/c1-32-17-10-7-15(8-11-17)22-26-23(34-27-22)16-9-12-21(30)28(13-16)14-20(29)25-19-6-4-3-5-18(19)24(31)33-2/h3-13H,14H2,1-2H3,(H,25,29). The third-order valence-electron chi connectivity index (χ3n) is 4.93. The number of ether oxygens (including phenoxy) is 2. The summed E-state index contributed by atoms with van der Waals surface area (Å²) in [6, 6.07) is 16.4. The smallest absolute Gasteiger partial charge is 0.339 e. The number of anilines is 1. The number of hydrogen-bond acceptors (Lipinski definition) is 8. The highest BCUT2D eigenvalue weighted by Crippen LogP contribution is 2.23. The minimum atomic E-state index is -0.584. The summed E-state index contributed by atoms with van der Waals surface area (Å²) in [7, 11) is 2.83. The summed E-state index contributed by atoms with van der Waals surface area (Å²) in [4.78, 5) is 41.2. The summed E-state index contributed by atoms with van der Waals surface area (Å²) in [5.74, 6) is 0.176. The number of esters is 1. The Morgan fingerprint density at radius 2 is 1.74 bits per heavy atom. The molecule has 0 spiro atoms. The molecule has 4 rings (SSSR count). The highest BCUT2D eigenvalue weighted by molar-refractivity contribution is 6.01. The van der Waals surface area contributed by atoms with E-state index in [2.05, 4.69) is 15.5 Å². The summed E-state index contributed by atoms with van der Waals surface area (Å²) in [5.41, 5.74) is 1.29. The third kappa shape index (κ3) is 4.85. The van der Waals surface area contributed by atoms with Crippen molar-refractivity contribution in [3.63, 3.8) is 0 Å². The number of carbonyl (C=O) groups excluding carboxylic acids is 2. The molecule has 2 aromatic carbocycles. The molecule has 0 aliphatic heterocycles. The normalized spacial score (nSPS) is 10.5. The molecule has 172 valence electrons. The molecule has 0 unspecified atom stereocenters. The Kier molecular flexibility index (Phi) is 6.49. The molecule has 1 amide bonds. The van der Waals surface area contributed by atoms with Crippen LogP contribution in [0, 0.1) is 0 Å². The van der Waals surface area contributed by atoms with Gasteiger partial charge in [-0.1, -0.05) is 17.3 Å². The Morgan fingerprint density at radius 1 is 1.00 bits per heavy atom. The van der Waals surface area contributed by atoms with Crippen LogP contribution < -0.4 is 15.6 Å². The zero-order chi connectivity index (χ0) is 24.1. The van der Waals surface area contributed by atoms with Crippen molar-refractivity contribution in [2.75, 3.05) is 19.5 Å². The summed E-state index contributed by atoms with van der Waals surface area (Å²) in [5, 5.41) is 6.62. The number of amides is 1. The fourth-order valence-electron chi connectivity index (χ4n) is 3.20. The summed E-state index contributed by atoms with van der Waals surface area (Å²) in [6.45, 7) is -0.290. The second-order valence-electron chi connectivity index (χ2n) is 7.12. The highest BCUT2D eigenvalue weighted by Gasteiger charge is 2.16. The predicted molar refractivity (Wildman–Crippen MR) is 122 cm³/mol. The van der Waals surface area contributed by atoms with Crippen LogP contribution in [-0.4, -0.2) is 40.8 Å². The molecule has 4 aromatic rings. The maximum atomic E-state index is 12.6. The molecule has 2 aromatic heterocycles. The van der Waals surface area contributed by atoms with Crippen LogP contribution in [0.4, 0.5) is 5.69 Å². The topological polar surface area (TPSA) is 126 Å². The van der Waals surface area contributed by atoms with Gasteiger partial charge in [0.2, 0.25) is 11.7 Å². The van der Waals surface area contributed by atoms with Crippen molar-refractivity contribution in [1.29, 1.82) is 0 Å². The zero-order valence-electron chi connectivity index (χ0n) is 18.3. The van der Waals surface area contributed by atoms with E-state index in [1.165, 1.54) is 36.1 Å². The van der Waals surface area contributed by atoms with E-state index in [1.54, 1.807) is 49.6 Å². The molecule has 0 aliphatic carbocycles. The van der Waals surface area contributed by atoms with Crippen molar-refractivity contribution in [2.45, 2.75) is 6.54 Å². The van der Waals surface area contributed by atoms with Crippen molar-refractivity contribution in [3.8, 4) is 28.6 Å². The van der Waals surface area contributed by atoms with Gasteiger partial charge >= 0.3 is 5.97 Å². The lowest BCUT2D eigenvalue weighted by Crippen LogP contribution is -2.27. The lowest BCUT2D eigenvalue weighted by molar-refractivity contribution is -0.116. The molecule has 0 aliphatic rings. The lowest BCUT2D eigenvalue weighted by atomic mass is 10.2. The van der Waals surface area contributed by atoms with E-state index in [0.717, 1.165) is 5.56 Å². The van der Waals surface area contributed by atoms with Crippen molar-refractivity contribution in [1.82, 2.24) is 14.7 Å². The van der Waals surface area contributed by atoms with Gasteiger partial charge in [-0.25, -0.2) is 4.79 Å². The number of pyridine rings is 1. The summed E-state index contributed by atoms with van der Waals surface area (Å²) >= 11 is 0. The monoisotopic (exact) mass is 460 g/mol. The molecule has 2 heterocycles. The Hall–Kier alpha value is -4.73. The Labute approximate surface area is 193 Å². The number of aromatic nitrogens is 3. The Bertz CT molecular complexity index is 1390. The first-order valence-electron chi connectivity index (χ1n) is 10.1. The number of nitrogens with zero attached hydrogens (tertiary/aromatic N) is 3. The zero-order valence-corrected chi connectivity index (χ0v) is 18.3. The minimum absolute atomic E-state index is 0.191. The van der Waals surface area contributed by atoms with Crippen LogP contribution in [0.3, 0.4) is 0 Å². The van der Waals surface area contributed by atoms with Gasteiger partial charge in [0.25, 0.3) is 11.4 Å². The van der Waals surface area contributed by atoms with Crippen molar-refractivity contribution in [2.24, 2.45) is 0 Å². The van der Waals surface area contributed by atoms with Gasteiger partial charge in [-0.3, -0.25) is 9.59 Å². The fourth-order valence-corrected chi connectivity index (χ4v) is 3.20. The van der Waals surface area contributed by atoms with Gasteiger partial charge in [-0.15, -0.1) is 0 Å². The second-order valence-corrected chi connectivity index (χ2v) is 7.12. The van der Waals surface area contributed by atoms with Gasteiger partial charge in [0.1, 0.15) is 12.3 Å². The van der Waals surface area contributed by atoms with E-state index < -0.39 is 17.4 Å². The summed E-state index contributed by atoms with van der Waals surface area (Å²) in [6.07, 6.45) is 1.46. The Morgan fingerprint density at radius 3 is 2.47 bits per heavy atom. The molecule has 34 heavy (non-hydrogen) atoms. The van der Waals surface area contributed by atoms with E-state index >= 15 is 0 Å². The van der Waals surface area contributed by atoms with Crippen LogP contribution in [0.15, 0.2) is 76.2 Å². The minimum Gasteiger partial charge on any atom is -0.497 e. The maximum Gasteiger partial charge on any atom is 0.339 e. The molecule has 0 saturated carbocycles. The number of methoxy groups -OCH3 is 2. The molecule has 0 bridgehead atoms. The maximum absolute atomic E-state index is 12.6. The van der Waals surface area contributed by atoms with E-state index in [4.69, 9.17) is 14.0 Å². The van der Waals surface area contributed by atoms with Gasteiger partial charge in [0, 0.05) is 17.8 Å². The van der Waals surface area contributed by atoms with Gasteiger partial charge in [0.05, 0.1) is 31.0 Å². The third-order valence-corrected chi connectivity index (χ3v) is 4.93. The van der Waals surface area contributed by atoms with Crippen LogP contribution in [0.5, 0.6) is 5.75 Å². The van der Waals surface area contributed by atoms with Gasteiger partial charge < -0.3 is 23.9 Å². The quantitative estimate of drug-likeness (QED) is 0.417. The second kappa shape index (κ2) is 9.82. The van der Waals surface area contributed by atoms with Crippen LogP contribution in [0.1, 0.15) is 10.4 Å². The van der Waals surface area contributed by atoms with E-state index in [-0.39, 0.29) is 23.7 Å². The van der Waals surface area contributed by atoms with Crippen LogP contribution >= 0.6 is 0 Å². The molecule has 0 fully saturated rings. The molecule has 0 saturated heterocycles. The molecule has 10 nitrogen and oxygen atoms in total. The molecule has 10 heteroatoms. The molecular formula is C24H20N4O6. The van der Waals surface area contributed by atoms with Gasteiger partial charge in [0.15, 0.2) is 0 Å². The SMILES string of the molecule is COC(=O)c1ccccc1NC(=O)Cn1cc(-c2nc(-c3ccc(OC)cc3)no2)ccc1=O. The molecule has 1 N–H and O–H groups in total. The first kappa shape index (κ1) is 22.5. The average molecular weight is 460 g/mol. The number of carbonyl (C=O) groups is 2. The number of nitrogens with one attached hydrogen (secondary N) is 1. The van der Waals surface area contributed by atoms with Crippen molar-refractivity contribution >= 4 is 17.6 Å². The molecule has 0 radical (unpaired) electrons. The lowest BCUT2D eigenvalue weighted by Gasteiger charge is -2.11. The largest absolute Gasteiger partial charge is 0.497 e. The number of rotatable bonds is 7. The average Bonchev–Trinajstić information content (AvgIpc) is 3.35. The highest BCUT2D eigenvalue weighted by atomic mass is 16.5. The van der Waals surface area contributed by atoms with E-state index in [9.17, 15) is 14.4 Å². The summed E-state index contributed by atoms with van der Waals surface area (Å²) < 4.78 is 16.4. The first-order valence-corrected chi connectivity index (χ1v) is 10.1. The molecule has 0 atom stereocenters. The van der Waals surface area contributed by atoms with Gasteiger partial charge in [-0.2, -0.15) is 4.98 Å². The van der Waals surface area contributed by atoms with Crippen molar-refractivity contribution in [3.05, 3.63) is 82.8 Å². The van der Waals surface area contributed by atoms with Gasteiger partial charge in [-0.05, 0) is 42.5 Å². The fraction of sp³-hybridized carbons (Fsp3) is 0.125. The van der Waals surface area contributed by atoms with Crippen LogP contribution in [0.2, 0.25) is 0 Å². The van der Waals surface area contributed by atoms with Crippen LogP contribution in [-0.2, 0) is 16.1 Å². The Balaban J connectivity index is 1.53.